The standard InChI is InChI=1S/C17H21N3O4/c1-10(2)8-15(17(22)23)18-16(21)14-9-13(19-20-14)11-4-6-12(24-3)7-5-11/h4-7,9-10,15H,8H2,1-3H3,(H,18,21)(H,19,20)(H,22,23)/t15-/m1/s1. The molecule has 0 fully saturated rings. The first kappa shape index (κ1) is 17.5. The van der Waals surface area contributed by atoms with Crippen molar-refractivity contribution in [1.82, 2.24) is 15.5 Å². The highest BCUT2D eigenvalue weighted by Crippen LogP contribution is 2.21. The van der Waals surface area contributed by atoms with Crippen LogP contribution >= 0.6 is 0 Å². The fourth-order valence-electron chi connectivity index (χ4n) is 2.28. The van der Waals surface area contributed by atoms with E-state index in [4.69, 9.17) is 4.74 Å². The molecule has 2 aromatic rings. The fraction of sp³-hybridized carbons (Fsp3) is 0.353. The Bertz CT molecular complexity index is 707. The number of nitrogens with one attached hydrogen (secondary N) is 2. The molecule has 128 valence electrons. The van der Waals surface area contributed by atoms with Crippen LogP contribution in [0.25, 0.3) is 11.3 Å². The van der Waals surface area contributed by atoms with Crippen molar-refractivity contribution in [2.24, 2.45) is 5.92 Å². The highest BCUT2D eigenvalue weighted by atomic mass is 16.5. The number of methoxy groups -OCH3 is 1. The molecule has 1 atom stereocenters. The van der Waals surface area contributed by atoms with Crippen molar-refractivity contribution < 1.29 is 19.4 Å². The third-order valence-corrected chi connectivity index (χ3v) is 3.52. The Hall–Kier alpha value is -2.83. The summed E-state index contributed by atoms with van der Waals surface area (Å²) in [5.74, 6) is -0.657. The van der Waals surface area contributed by atoms with Gasteiger partial charge in [0.05, 0.1) is 12.8 Å². The Balaban J connectivity index is 2.10. The molecule has 0 bridgehead atoms. The second kappa shape index (κ2) is 7.63. The van der Waals surface area contributed by atoms with E-state index in [1.54, 1.807) is 25.3 Å². The zero-order valence-electron chi connectivity index (χ0n) is 13.9. The first-order valence-electron chi connectivity index (χ1n) is 7.64. The van der Waals surface area contributed by atoms with Crippen molar-refractivity contribution in [2.45, 2.75) is 26.3 Å². The molecule has 7 nitrogen and oxygen atoms in total. The van der Waals surface area contributed by atoms with Crippen LogP contribution in [0.2, 0.25) is 0 Å². The number of carbonyl (C=O) groups is 2. The first-order chi connectivity index (χ1) is 11.4. The van der Waals surface area contributed by atoms with E-state index in [9.17, 15) is 14.7 Å². The lowest BCUT2D eigenvalue weighted by molar-refractivity contribution is -0.139. The fourth-order valence-corrected chi connectivity index (χ4v) is 2.28. The van der Waals surface area contributed by atoms with Gasteiger partial charge < -0.3 is 15.2 Å². The van der Waals surface area contributed by atoms with Gasteiger partial charge in [0.15, 0.2) is 0 Å². The summed E-state index contributed by atoms with van der Waals surface area (Å²) in [6, 6.07) is 7.92. The van der Waals surface area contributed by atoms with Crippen molar-refractivity contribution in [3.63, 3.8) is 0 Å². The van der Waals surface area contributed by atoms with Crippen LogP contribution in [-0.4, -0.2) is 40.3 Å². The van der Waals surface area contributed by atoms with Gasteiger partial charge in [0, 0.05) is 5.56 Å². The summed E-state index contributed by atoms with van der Waals surface area (Å²) in [4.78, 5) is 23.5. The van der Waals surface area contributed by atoms with Gasteiger partial charge in [0.1, 0.15) is 17.5 Å². The predicted octanol–water partition coefficient (Wildman–Crippen LogP) is 2.31. The number of carboxylic acid groups (broad SMARTS) is 1. The van der Waals surface area contributed by atoms with Crippen molar-refractivity contribution in [2.75, 3.05) is 7.11 Å². The number of benzene rings is 1. The quantitative estimate of drug-likeness (QED) is 0.722. The number of hydrogen-bond donors (Lipinski definition) is 3. The van der Waals surface area contributed by atoms with Crippen molar-refractivity contribution in [1.29, 1.82) is 0 Å². The topological polar surface area (TPSA) is 104 Å². The molecule has 1 aromatic heterocycles. The van der Waals surface area contributed by atoms with Gasteiger partial charge in [-0.3, -0.25) is 9.89 Å². The number of carboxylic acids is 1. The molecule has 3 N–H and O–H groups in total. The average Bonchev–Trinajstić information content (AvgIpc) is 3.04. The molecule has 0 spiro atoms. The minimum Gasteiger partial charge on any atom is -0.497 e. The lowest BCUT2D eigenvalue weighted by Gasteiger charge is -2.15. The summed E-state index contributed by atoms with van der Waals surface area (Å²) >= 11 is 0. The largest absolute Gasteiger partial charge is 0.497 e. The summed E-state index contributed by atoms with van der Waals surface area (Å²) < 4.78 is 5.10. The number of nitrogens with zero attached hydrogens (tertiary/aromatic N) is 1. The third-order valence-electron chi connectivity index (χ3n) is 3.52. The lowest BCUT2D eigenvalue weighted by Crippen LogP contribution is -2.41. The van der Waals surface area contributed by atoms with Gasteiger partial charge in [0.2, 0.25) is 0 Å². The number of aliphatic carboxylic acids is 1. The van der Waals surface area contributed by atoms with Crippen molar-refractivity contribution in [3.05, 3.63) is 36.0 Å². The molecule has 2 rings (SSSR count). The summed E-state index contributed by atoms with van der Waals surface area (Å²) in [7, 11) is 1.59. The molecule has 7 heteroatoms. The van der Waals surface area contributed by atoms with Gasteiger partial charge in [-0.15, -0.1) is 0 Å². The van der Waals surface area contributed by atoms with E-state index < -0.39 is 17.9 Å². The molecule has 0 aliphatic rings. The number of carbonyl (C=O) groups excluding carboxylic acids is 1. The highest BCUT2D eigenvalue weighted by molar-refractivity contribution is 5.95. The average molecular weight is 331 g/mol. The molecular formula is C17H21N3O4. The Morgan fingerprint density at radius 3 is 2.50 bits per heavy atom. The molecule has 1 aromatic carbocycles. The van der Waals surface area contributed by atoms with Gasteiger partial charge in [-0.25, -0.2) is 4.79 Å². The maximum atomic E-state index is 12.2. The zero-order valence-corrected chi connectivity index (χ0v) is 13.9. The van der Waals surface area contributed by atoms with Crippen LogP contribution in [0.1, 0.15) is 30.8 Å². The number of aromatic amines is 1. The Morgan fingerprint density at radius 2 is 1.96 bits per heavy atom. The van der Waals surface area contributed by atoms with E-state index in [0.29, 0.717) is 12.1 Å². The van der Waals surface area contributed by atoms with Crippen molar-refractivity contribution in [3.8, 4) is 17.0 Å². The van der Waals surface area contributed by atoms with Gasteiger partial charge in [-0.05, 0) is 42.7 Å². The summed E-state index contributed by atoms with van der Waals surface area (Å²) in [6.45, 7) is 3.81. The molecule has 24 heavy (non-hydrogen) atoms. The number of amides is 1. The number of H-pyrrole nitrogens is 1. The number of ether oxygens (including phenoxy) is 1. The van der Waals surface area contributed by atoms with Crippen LogP contribution in [-0.2, 0) is 4.79 Å². The summed E-state index contributed by atoms with van der Waals surface area (Å²) in [6.07, 6.45) is 0.362. The van der Waals surface area contributed by atoms with Gasteiger partial charge in [-0.2, -0.15) is 5.10 Å². The van der Waals surface area contributed by atoms with E-state index in [0.717, 1.165) is 11.3 Å². The van der Waals surface area contributed by atoms with E-state index in [-0.39, 0.29) is 11.6 Å². The van der Waals surface area contributed by atoms with Crippen molar-refractivity contribution >= 4 is 11.9 Å². The zero-order chi connectivity index (χ0) is 17.7. The Kier molecular flexibility index (Phi) is 5.57. The molecule has 0 aliphatic carbocycles. The Labute approximate surface area is 140 Å². The van der Waals surface area contributed by atoms with Crippen LogP contribution in [0.3, 0.4) is 0 Å². The maximum Gasteiger partial charge on any atom is 0.326 e. The van der Waals surface area contributed by atoms with Gasteiger partial charge in [0.25, 0.3) is 5.91 Å². The molecule has 0 saturated heterocycles. The smallest absolute Gasteiger partial charge is 0.326 e. The molecular weight excluding hydrogens is 310 g/mol. The van der Waals surface area contributed by atoms with E-state index in [1.807, 2.05) is 26.0 Å². The Morgan fingerprint density at radius 1 is 1.29 bits per heavy atom. The monoisotopic (exact) mass is 331 g/mol. The van der Waals surface area contributed by atoms with E-state index in [2.05, 4.69) is 15.5 Å². The van der Waals surface area contributed by atoms with Crippen LogP contribution < -0.4 is 10.1 Å². The molecule has 0 radical (unpaired) electrons. The summed E-state index contributed by atoms with van der Waals surface area (Å²) in [5, 5.41) is 18.5. The van der Waals surface area contributed by atoms with Crippen LogP contribution in [0.5, 0.6) is 5.75 Å². The number of aromatic nitrogens is 2. The molecule has 0 unspecified atom stereocenters. The minimum atomic E-state index is -1.05. The maximum absolute atomic E-state index is 12.2. The normalized spacial score (nSPS) is 12.0. The second-order valence-corrected chi connectivity index (χ2v) is 5.89. The highest BCUT2D eigenvalue weighted by Gasteiger charge is 2.22. The van der Waals surface area contributed by atoms with Gasteiger partial charge in [-0.1, -0.05) is 13.8 Å². The molecule has 0 aliphatic heterocycles. The van der Waals surface area contributed by atoms with E-state index >= 15 is 0 Å². The first-order valence-corrected chi connectivity index (χ1v) is 7.64. The molecule has 1 amide bonds. The second-order valence-electron chi connectivity index (χ2n) is 5.89. The molecule has 1 heterocycles. The van der Waals surface area contributed by atoms with Gasteiger partial charge >= 0.3 is 5.97 Å². The molecule has 0 saturated carbocycles. The minimum absolute atomic E-state index is 0.156. The predicted molar refractivity (Wildman–Crippen MR) is 88.9 cm³/mol. The van der Waals surface area contributed by atoms with E-state index in [1.165, 1.54) is 0 Å². The summed E-state index contributed by atoms with van der Waals surface area (Å²) in [5.41, 5.74) is 1.64. The van der Waals surface area contributed by atoms with Crippen LogP contribution in [0.4, 0.5) is 0 Å². The van der Waals surface area contributed by atoms with Crippen LogP contribution in [0.15, 0.2) is 30.3 Å². The number of hydrogen-bond acceptors (Lipinski definition) is 4. The van der Waals surface area contributed by atoms with Crippen LogP contribution in [0, 0.1) is 5.92 Å². The SMILES string of the molecule is COc1ccc(-c2cc(C(=O)N[C@H](CC(C)C)C(=O)O)[nH]n2)cc1. The lowest BCUT2D eigenvalue weighted by atomic mass is 10.0. The third kappa shape index (κ3) is 4.34. The number of rotatable bonds is 7.